The first-order chi connectivity index (χ1) is 13.5. The lowest BCUT2D eigenvalue weighted by Crippen LogP contribution is -2.01. The summed E-state index contributed by atoms with van der Waals surface area (Å²) in [5.74, 6) is 1.27. The van der Waals surface area contributed by atoms with E-state index < -0.39 is 5.63 Å². The topological polar surface area (TPSA) is 81.2 Å². The van der Waals surface area contributed by atoms with Crippen molar-refractivity contribution in [3.05, 3.63) is 69.0 Å². The molecule has 4 rings (SSSR count). The van der Waals surface area contributed by atoms with Crippen molar-refractivity contribution >= 4 is 34.3 Å². The summed E-state index contributed by atoms with van der Waals surface area (Å²) < 4.78 is 7.16. The van der Waals surface area contributed by atoms with Crippen molar-refractivity contribution in [3.63, 3.8) is 0 Å². The molecule has 0 saturated heterocycles. The van der Waals surface area contributed by atoms with E-state index in [0.717, 1.165) is 16.5 Å². The van der Waals surface area contributed by atoms with Gasteiger partial charge in [-0.1, -0.05) is 35.5 Å². The standard InChI is InChI=1S/C20H16ClN3O3S/c1-11-16(25)8-7-13-12(9-17(26)27-18(11)13)10-28-20-23-22-19(24(20)2)14-5-3-4-6-15(14)21/h3-9,25H,10H2,1-2H3. The molecule has 0 atom stereocenters. The summed E-state index contributed by atoms with van der Waals surface area (Å²) in [6, 6.07) is 12.3. The number of benzene rings is 2. The number of aromatic nitrogens is 3. The quantitative estimate of drug-likeness (QED) is 0.390. The van der Waals surface area contributed by atoms with Crippen molar-refractivity contribution < 1.29 is 9.52 Å². The Bertz CT molecular complexity index is 1250. The Morgan fingerprint density at radius 1 is 1.21 bits per heavy atom. The number of thioether (sulfide) groups is 1. The molecule has 0 aliphatic rings. The Morgan fingerprint density at radius 3 is 2.79 bits per heavy atom. The second-order valence-electron chi connectivity index (χ2n) is 6.31. The normalized spacial score (nSPS) is 11.2. The fourth-order valence-corrected chi connectivity index (χ4v) is 4.12. The third kappa shape index (κ3) is 3.27. The molecule has 0 amide bonds. The molecule has 0 fully saturated rings. The van der Waals surface area contributed by atoms with Gasteiger partial charge < -0.3 is 14.1 Å². The number of hydrogen-bond donors (Lipinski definition) is 1. The zero-order valence-electron chi connectivity index (χ0n) is 15.1. The molecule has 8 heteroatoms. The third-order valence-electron chi connectivity index (χ3n) is 4.52. The largest absolute Gasteiger partial charge is 0.508 e. The predicted octanol–water partition coefficient (Wildman–Crippen LogP) is 4.55. The van der Waals surface area contributed by atoms with Gasteiger partial charge in [0.25, 0.3) is 0 Å². The molecule has 0 aliphatic carbocycles. The van der Waals surface area contributed by atoms with Gasteiger partial charge in [0, 0.05) is 35.4 Å². The van der Waals surface area contributed by atoms with E-state index in [1.165, 1.54) is 17.8 Å². The van der Waals surface area contributed by atoms with E-state index in [4.69, 9.17) is 16.0 Å². The fourth-order valence-electron chi connectivity index (χ4n) is 3.00. The second-order valence-corrected chi connectivity index (χ2v) is 7.66. The minimum absolute atomic E-state index is 0.0955. The van der Waals surface area contributed by atoms with Crippen LogP contribution in [-0.4, -0.2) is 19.9 Å². The van der Waals surface area contributed by atoms with Gasteiger partial charge in [-0.05, 0) is 36.8 Å². The van der Waals surface area contributed by atoms with Crippen molar-refractivity contribution in [1.29, 1.82) is 0 Å². The number of rotatable bonds is 4. The van der Waals surface area contributed by atoms with Crippen LogP contribution in [0, 0.1) is 6.92 Å². The summed E-state index contributed by atoms with van der Waals surface area (Å²) in [4.78, 5) is 12.0. The van der Waals surface area contributed by atoms with Crippen molar-refractivity contribution in [1.82, 2.24) is 14.8 Å². The summed E-state index contributed by atoms with van der Waals surface area (Å²) in [5.41, 5.74) is 2.11. The van der Waals surface area contributed by atoms with Crippen molar-refractivity contribution in [3.8, 4) is 17.1 Å². The Morgan fingerprint density at radius 2 is 2.00 bits per heavy atom. The summed E-state index contributed by atoms with van der Waals surface area (Å²) in [7, 11) is 1.88. The SMILES string of the molecule is Cc1c(O)ccc2c(CSc3nnc(-c4ccccc4Cl)n3C)cc(=O)oc12. The molecule has 4 aromatic rings. The van der Waals surface area contributed by atoms with Crippen LogP contribution in [0.5, 0.6) is 5.75 Å². The molecule has 0 aliphatic heterocycles. The highest BCUT2D eigenvalue weighted by atomic mass is 35.5. The van der Waals surface area contributed by atoms with E-state index in [2.05, 4.69) is 10.2 Å². The number of nitrogens with zero attached hydrogens (tertiary/aromatic N) is 3. The number of phenols is 1. The molecule has 2 aromatic heterocycles. The summed E-state index contributed by atoms with van der Waals surface area (Å²) in [5, 5.41) is 20.5. The maximum Gasteiger partial charge on any atom is 0.336 e. The van der Waals surface area contributed by atoms with Crippen molar-refractivity contribution in [2.24, 2.45) is 7.05 Å². The highest BCUT2D eigenvalue weighted by Crippen LogP contribution is 2.32. The smallest absolute Gasteiger partial charge is 0.336 e. The lowest BCUT2D eigenvalue weighted by Gasteiger charge is -2.08. The molecular formula is C20H16ClN3O3S. The van der Waals surface area contributed by atoms with Crippen LogP contribution >= 0.6 is 23.4 Å². The zero-order chi connectivity index (χ0) is 19.8. The lowest BCUT2D eigenvalue weighted by molar-refractivity contribution is 0.468. The first kappa shape index (κ1) is 18.6. The Kier molecular flexibility index (Phi) is 4.87. The van der Waals surface area contributed by atoms with Crippen LogP contribution < -0.4 is 5.63 Å². The lowest BCUT2D eigenvalue weighted by atomic mass is 10.1. The molecule has 2 aromatic carbocycles. The molecule has 28 heavy (non-hydrogen) atoms. The van der Waals surface area contributed by atoms with Gasteiger partial charge >= 0.3 is 5.63 Å². The maximum atomic E-state index is 12.0. The fraction of sp³-hybridized carbons (Fsp3) is 0.150. The Hall–Kier alpha value is -2.77. The van der Waals surface area contributed by atoms with Crippen LogP contribution in [0.2, 0.25) is 5.02 Å². The van der Waals surface area contributed by atoms with Gasteiger partial charge in [0.15, 0.2) is 11.0 Å². The molecule has 6 nitrogen and oxygen atoms in total. The molecular weight excluding hydrogens is 398 g/mol. The number of aromatic hydroxyl groups is 1. The van der Waals surface area contributed by atoms with Crippen LogP contribution in [0.1, 0.15) is 11.1 Å². The van der Waals surface area contributed by atoms with Crippen molar-refractivity contribution in [2.45, 2.75) is 17.8 Å². The van der Waals surface area contributed by atoms with Gasteiger partial charge in [0.05, 0.1) is 5.02 Å². The third-order valence-corrected chi connectivity index (χ3v) is 5.92. The van der Waals surface area contributed by atoms with Gasteiger partial charge in [-0.25, -0.2) is 4.79 Å². The van der Waals surface area contributed by atoms with Gasteiger partial charge in [-0.2, -0.15) is 0 Å². The van der Waals surface area contributed by atoms with Crippen LogP contribution in [0.15, 0.2) is 56.8 Å². The molecule has 1 N–H and O–H groups in total. The van der Waals surface area contributed by atoms with E-state index >= 15 is 0 Å². The van der Waals surface area contributed by atoms with Crippen LogP contribution in [-0.2, 0) is 12.8 Å². The number of halogens is 1. The zero-order valence-corrected chi connectivity index (χ0v) is 16.7. The van der Waals surface area contributed by atoms with Crippen molar-refractivity contribution in [2.75, 3.05) is 0 Å². The molecule has 0 saturated carbocycles. The summed E-state index contributed by atoms with van der Waals surface area (Å²) in [6.07, 6.45) is 0. The molecule has 0 unspecified atom stereocenters. The minimum Gasteiger partial charge on any atom is -0.508 e. The number of phenolic OH excluding ortho intramolecular Hbond substituents is 1. The van der Waals surface area contributed by atoms with Gasteiger partial charge in [-0.3, -0.25) is 0 Å². The predicted molar refractivity (Wildman–Crippen MR) is 110 cm³/mol. The molecule has 142 valence electrons. The summed E-state index contributed by atoms with van der Waals surface area (Å²) >= 11 is 7.73. The van der Waals surface area contributed by atoms with E-state index in [0.29, 0.717) is 32.9 Å². The van der Waals surface area contributed by atoms with Gasteiger partial charge in [0.2, 0.25) is 0 Å². The Labute approximate surface area is 169 Å². The highest BCUT2D eigenvalue weighted by Gasteiger charge is 2.15. The second kappa shape index (κ2) is 7.33. The number of aryl methyl sites for hydroxylation is 1. The van der Waals surface area contributed by atoms with Crippen LogP contribution in [0.3, 0.4) is 0 Å². The molecule has 0 radical (unpaired) electrons. The average Bonchev–Trinajstić information content (AvgIpc) is 3.04. The average molecular weight is 414 g/mol. The monoisotopic (exact) mass is 413 g/mol. The van der Waals surface area contributed by atoms with Gasteiger partial charge in [0.1, 0.15) is 11.3 Å². The van der Waals surface area contributed by atoms with E-state index in [9.17, 15) is 9.90 Å². The van der Waals surface area contributed by atoms with E-state index in [1.54, 1.807) is 19.1 Å². The number of fused-ring (bicyclic) bond motifs is 1. The highest BCUT2D eigenvalue weighted by molar-refractivity contribution is 7.98. The maximum absolute atomic E-state index is 12.0. The number of hydrogen-bond acceptors (Lipinski definition) is 6. The molecule has 2 heterocycles. The van der Waals surface area contributed by atoms with Crippen LogP contribution in [0.4, 0.5) is 0 Å². The minimum atomic E-state index is -0.452. The van der Waals surface area contributed by atoms with Crippen LogP contribution in [0.25, 0.3) is 22.4 Å². The first-order valence-electron chi connectivity index (χ1n) is 8.48. The first-order valence-corrected chi connectivity index (χ1v) is 9.84. The Balaban J connectivity index is 1.67. The van der Waals surface area contributed by atoms with E-state index in [1.807, 2.05) is 35.9 Å². The summed E-state index contributed by atoms with van der Waals surface area (Å²) in [6.45, 7) is 1.72. The van der Waals surface area contributed by atoms with E-state index in [-0.39, 0.29) is 5.75 Å². The van der Waals surface area contributed by atoms with Gasteiger partial charge in [-0.15, -0.1) is 10.2 Å². The molecule has 0 spiro atoms. The molecule has 0 bridgehead atoms.